The largest absolute Gasteiger partial charge is 0.484 e. The number of benzene rings is 2. The number of para-hydroxylation sites is 1. The Kier molecular flexibility index (Phi) is 3.46. The predicted molar refractivity (Wildman–Crippen MR) is 78.5 cm³/mol. The van der Waals surface area contributed by atoms with Crippen molar-refractivity contribution in [1.29, 1.82) is 5.26 Å². The van der Waals surface area contributed by atoms with E-state index in [0.717, 1.165) is 11.3 Å². The van der Waals surface area contributed by atoms with Gasteiger partial charge in [-0.25, -0.2) is 4.39 Å². The van der Waals surface area contributed by atoms with Crippen LogP contribution in [0.15, 0.2) is 36.4 Å². The highest BCUT2D eigenvalue weighted by atomic mass is 19.1. The van der Waals surface area contributed by atoms with Crippen LogP contribution in [0.1, 0.15) is 5.56 Å². The second-order valence-electron chi connectivity index (χ2n) is 4.84. The molecule has 3 N–H and O–H groups in total. The van der Waals surface area contributed by atoms with Gasteiger partial charge >= 0.3 is 0 Å². The molecule has 0 fully saturated rings. The number of halogens is 1. The first-order valence-electron chi connectivity index (χ1n) is 6.66. The average Bonchev–Trinajstić information content (AvgIpc) is 2.53. The van der Waals surface area contributed by atoms with Gasteiger partial charge in [0, 0.05) is 17.7 Å². The molecule has 5 heteroatoms. The highest BCUT2D eigenvalue weighted by Gasteiger charge is 2.22. The van der Waals surface area contributed by atoms with E-state index in [0.29, 0.717) is 24.4 Å². The molecule has 0 amide bonds. The van der Waals surface area contributed by atoms with E-state index in [1.807, 2.05) is 24.3 Å². The highest BCUT2D eigenvalue weighted by Crippen LogP contribution is 2.40. The van der Waals surface area contributed by atoms with E-state index in [2.05, 4.69) is 5.32 Å². The van der Waals surface area contributed by atoms with Gasteiger partial charge in [0.1, 0.15) is 11.9 Å². The normalized spacial score (nSPS) is 16.3. The number of nitrogens with one attached hydrogen (secondary N) is 1. The molecule has 0 saturated heterocycles. The first-order valence-corrected chi connectivity index (χ1v) is 6.66. The molecule has 1 aliphatic heterocycles. The molecule has 0 unspecified atom stereocenters. The third-order valence-corrected chi connectivity index (χ3v) is 3.47. The van der Waals surface area contributed by atoms with E-state index in [-0.39, 0.29) is 11.7 Å². The smallest absolute Gasteiger partial charge is 0.150 e. The molecule has 0 bridgehead atoms. The Bertz CT molecular complexity index is 724. The molecule has 106 valence electrons. The monoisotopic (exact) mass is 283 g/mol. The standard InChI is InChI=1S/C16H14FN3O/c17-11-4-5-13(10(6-11)7-18)14-2-1-3-15-16(14)21-12(8-19)9-20-15/h1-6,12,20H,8-9,19H2/t12-/m1/s1. The van der Waals surface area contributed by atoms with Crippen molar-refractivity contribution < 1.29 is 9.13 Å². The van der Waals surface area contributed by atoms with Crippen LogP contribution in [0, 0.1) is 17.1 Å². The van der Waals surface area contributed by atoms with Crippen LogP contribution in [0.3, 0.4) is 0 Å². The summed E-state index contributed by atoms with van der Waals surface area (Å²) in [6, 6.07) is 11.8. The van der Waals surface area contributed by atoms with Crippen LogP contribution >= 0.6 is 0 Å². The molecule has 0 aromatic heterocycles. The van der Waals surface area contributed by atoms with E-state index in [9.17, 15) is 9.65 Å². The van der Waals surface area contributed by atoms with Crippen LogP contribution in [0.4, 0.5) is 10.1 Å². The molecule has 4 nitrogen and oxygen atoms in total. The van der Waals surface area contributed by atoms with Gasteiger partial charge in [-0.05, 0) is 18.2 Å². The average molecular weight is 283 g/mol. The minimum absolute atomic E-state index is 0.121. The van der Waals surface area contributed by atoms with Crippen LogP contribution < -0.4 is 15.8 Å². The van der Waals surface area contributed by atoms with E-state index in [1.165, 1.54) is 12.1 Å². The summed E-state index contributed by atoms with van der Waals surface area (Å²) < 4.78 is 19.2. The van der Waals surface area contributed by atoms with Crippen molar-refractivity contribution in [2.75, 3.05) is 18.4 Å². The van der Waals surface area contributed by atoms with Crippen LogP contribution in [-0.2, 0) is 0 Å². The summed E-state index contributed by atoms with van der Waals surface area (Å²) in [6.07, 6.45) is -0.121. The van der Waals surface area contributed by atoms with Crippen molar-refractivity contribution >= 4 is 5.69 Å². The van der Waals surface area contributed by atoms with E-state index in [4.69, 9.17) is 10.5 Å². The number of nitrogens with two attached hydrogens (primary N) is 1. The molecule has 0 radical (unpaired) electrons. The first kappa shape index (κ1) is 13.4. The van der Waals surface area contributed by atoms with Gasteiger partial charge in [-0.3, -0.25) is 0 Å². The van der Waals surface area contributed by atoms with Gasteiger partial charge in [0.15, 0.2) is 5.75 Å². The summed E-state index contributed by atoms with van der Waals surface area (Å²) in [4.78, 5) is 0. The van der Waals surface area contributed by atoms with Crippen molar-refractivity contribution in [3.8, 4) is 22.9 Å². The molecule has 3 rings (SSSR count). The lowest BCUT2D eigenvalue weighted by molar-refractivity contribution is 0.215. The van der Waals surface area contributed by atoms with Crippen LogP contribution in [-0.4, -0.2) is 19.2 Å². The number of ether oxygens (including phenoxy) is 1. The van der Waals surface area contributed by atoms with E-state index < -0.39 is 5.82 Å². The van der Waals surface area contributed by atoms with Gasteiger partial charge in [-0.2, -0.15) is 5.26 Å². The Labute approximate surface area is 122 Å². The van der Waals surface area contributed by atoms with Gasteiger partial charge < -0.3 is 15.8 Å². The Morgan fingerprint density at radius 1 is 1.33 bits per heavy atom. The first-order chi connectivity index (χ1) is 10.2. The molecular formula is C16H14FN3O. The maximum Gasteiger partial charge on any atom is 0.150 e. The molecule has 2 aromatic rings. The minimum atomic E-state index is -0.432. The number of rotatable bonds is 2. The summed E-state index contributed by atoms with van der Waals surface area (Å²) in [5.74, 6) is 0.223. The molecular weight excluding hydrogens is 269 g/mol. The van der Waals surface area contributed by atoms with E-state index in [1.54, 1.807) is 6.07 Å². The summed E-state index contributed by atoms with van der Waals surface area (Å²) in [7, 11) is 0. The molecule has 0 spiro atoms. The number of nitriles is 1. The number of fused-ring (bicyclic) bond motifs is 1. The van der Waals surface area contributed by atoms with Crippen molar-refractivity contribution in [3.05, 3.63) is 47.8 Å². The zero-order chi connectivity index (χ0) is 14.8. The molecule has 1 heterocycles. The third-order valence-electron chi connectivity index (χ3n) is 3.47. The van der Waals surface area contributed by atoms with Crippen molar-refractivity contribution in [1.82, 2.24) is 0 Å². The lowest BCUT2D eigenvalue weighted by Crippen LogP contribution is -2.37. The van der Waals surface area contributed by atoms with Crippen LogP contribution in [0.5, 0.6) is 5.75 Å². The second kappa shape index (κ2) is 5.43. The Morgan fingerprint density at radius 2 is 2.19 bits per heavy atom. The summed E-state index contributed by atoms with van der Waals surface area (Å²) in [5.41, 5.74) is 8.20. The molecule has 0 aliphatic carbocycles. The number of hydrogen-bond donors (Lipinski definition) is 2. The summed E-state index contributed by atoms with van der Waals surface area (Å²) in [5, 5.41) is 12.5. The molecule has 2 aromatic carbocycles. The topological polar surface area (TPSA) is 71.1 Å². The minimum Gasteiger partial charge on any atom is -0.484 e. The maximum atomic E-state index is 13.3. The fourth-order valence-corrected chi connectivity index (χ4v) is 2.42. The third kappa shape index (κ3) is 2.41. The Balaban J connectivity index is 2.14. The van der Waals surface area contributed by atoms with E-state index >= 15 is 0 Å². The van der Waals surface area contributed by atoms with Crippen molar-refractivity contribution in [2.24, 2.45) is 5.73 Å². The molecule has 1 aliphatic rings. The number of anilines is 1. The highest BCUT2D eigenvalue weighted by molar-refractivity contribution is 5.82. The lowest BCUT2D eigenvalue weighted by Gasteiger charge is -2.28. The van der Waals surface area contributed by atoms with Crippen LogP contribution in [0.2, 0.25) is 0 Å². The SMILES string of the molecule is N#Cc1cc(F)ccc1-c1cccc2c1O[C@H](CN)CN2. The predicted octanol–water partition coefficient (Wildman–Crippen LogP) is 2.50. The quantitative estimate of drug-likeness (QED) is 0.888. The van der Waals surface area contributed by atoms with Gasteiger partial charge in [0.05, 0.1) is 23.9 Å². The fraction of sp³-hybridized carbons (Fsp3) is 0.188. The fourth-order valence-electron chi connectivity index (χ4n) is 2.42. The second-order valence-corrected chi connectivity index (χ2v) is 4.84. The van der Waals surface area contributed by atoms with Crippen molar-refractivity contribution in [3.63, 3.8) is 0 Å². The molecule has 0 saturated carbocycles. The van der Waals surface area contributed by atoms with Gasteiger partial charge in [-0.15, -0.1) is 0 Å². The summed E-state index contributed by atoms with van der Waals surface area (Å²) in [6.45, 7) is 1.04. The molecule has 1 atom stereocenters. The van der Waals surface area contributed by atoms with Crippen LogP contribution in [0.25, 0.3) is 11.1 Å². The van der Waals surface area contributed by atoms with Crippen molar-refractivity contribution in [2.45, 2.75) is 6.10 Å². The van der Waals surface area contributed by atoms with Gasteiger partial charge in [0.2, 0.25) is 0 Å². The Morgan fingerprint density at radius 3 is 2.95 bits per heavy atom. The zero-order valence-electron chi connectivity index (χ0n) is 11.3. The zero-order valence-corrected chi connectivity index (χ0v) is 11.3. The number of hydrogen-bond acceptors (Lipinski definition) is 4. The Hall–Kier alpha value is -2.58. The number of nitrogens with zero attached hydrogens (tertiary/aromatic N) is 1. The summed E-state index contributed by atoms with van der Waals surface area (Å²) >= 11 is 0. The van der Waals surface area contributed by atoms with Gasteiger partial charge in [-0.1, -0.05) is 18.2 Å². The molecule has 21 heavy (non-hydrogen) atoms. The maximum absolute atomic E-state index is 13.3. The van der Waals surface area contributed by atoms with Gasteiger partial charge in [0.25, 0.3) is 0 Å². The lowest BCUT2D eigenvalue weighted by atomic mass is 9.98.